The number of benzene rings is 2. The molecule has 0 fully saturated rings. The first-order chi connectivity index (χ1) is 14.3. The van der Waals surface area contributed by atoms with Gasteiger partial charge in [0.25, 0.3) is 0 Å². The maximum atomic E-state index is 13.7. The first-order valence-corrected chi connectivity index (χ1v) is 12.2. The van der Waals surface area contributed by atoms with E-state index in [1.165, 1.54) is 18.2 Å². The fourth-order valence-electron chi connectivity index (χ4n) is 2.87. The molecule has 3 aromatic rings. The monoisotopic (exact) mass is 446 g/mol. The van der Waals surface area contributed by atoms with Crippen LogP contribution in [0.2, 0.25) is 0 Å². The fourth-order valence-corrected chi connectivity index (χ4v) is 4.46. The Kier molecular flexibility index (Phi) is 7.17. The molecule has 0 saturated carbocycles. The van der Waals surface area contributed by atoms with Crippen molar-refractivity contribution in [2.75, 3.05) is 13.3 Å². The number of rotatable bonds is 7. The Balaban J connectivity index is 1.61. The van der Waals surface area contributed by atoms with E-state index in [-0.39, 0.29) is 12.3 Å². The van der Waals surface area contributed by atoms with Crippen LogP contribution in [0.5, 0.6) is 0 Å². The lowest BCUT2D eigenvalue weighted by atomic mass is 10.1. The molecule has 0 unspecified atom stereocenters. The molecular formula is C21H23FN4O2S2. The highest BCUT2D eigenvalue weighted by molar-refractivity contribution is 7.89. The summed E-state index contributed by atoms with van der Waals surface area (Å²) < 4.78 is 36.9. The molecule has 0 bridgehead atoms. The highest BCUT2D eigenvalue weighted by Gasteiger charge is 2.11. The lowest BCUT2D eigenvalue weighted by molar-refractivity contribution is 0.599. The number of aromatic nitrogens is 1. The van der Waals surface area contributed by atoms with Crippen LogP contribution in [0.15, 0.2) is 58.9 Å². The van der Waals surface area contributed by atoms with Crippen LogP contribution in [0, 0.1) is 5.82 Å². The predicted molar refractivity (Wildman–Crippen MR) is 120 cm³/mol. The molecular weight excluding hydrogens is 423 g/mol. The highest BCUT2D eigenvalue weighted by atomic mass is 32.2. The van der Waals surface area contributed by atoms with Gasteiger partial charge in [-0.15, -0.1) is 11.3 Å². The minimum Gasteiger partial charge on any atom is -0.352 e. The van der Waals surface area contributed by atoms with Crippen molar-refractivity contribution in [3.05, 3.63) is 75.9 Å². The van der Waals surface area contributed by atoms with Crippen molar-refractivity contribution in [1.29, 1.82) is 0 Å². The van der Waals surface area contributed by atoms with Crippen LogP contribution >= 0.6 is 11.3 Å². The molecule has 6 nitrogen and oxygen atoms in total. The zero-order chi connectivity index (χ0) is 21.6. The van der Waals surface area contributed by atoms with Gasteiger partial charge in [0.05, 0.1) is 18.0 Å². The summed E-state index contributed by atoms with van der Waals surface area (Å²) in [6.45, 7) is 0.728. The van der Waals surface area contributed by atoms with Crippen molar-refractivity contribution in [3.8, 4) is 11.3 Å². The highest BCUT2D eigenvalue weighted by Crippen LogP contribution is 2.21. The van der Waals surface area contributed by atoms with Crippen molar-refractivity contribution >= 4 is 27.1 Å². The molecule has 2 N–H and O–H groups in total. The summed E-state index contributed by atoms with van der Waals surface area (Å²) in [5.41, 5.74) is 3.12. The molecule has 0 radical (unpaired) electrons. The van der Waals surface area contributed by atoms with Crippen LogP contribution in [0.4, 0.5) is 4.39 Å². The number of nitrogens with one attached hydrogen (secondary N) is 2. The van der Waals surface area contributed by atoms with Crippen molar-refractivity contribution in [2.45, 2.75) is 18.8 Å². The van der Waals surface area contributed by atoms with Crippen molar-refractivity contribution in [3.63, 3.8) is 0 Å². The molecule has 9 heteroatoms. The van der Waals surface area contributed by atoms with Gasteiger partial charge in [0, 0.05) is 30.8 Å². The molecule has 0 aliphatic carbocycles. The number of hydrogen-bond acceptors (Lipinski definition) is 5. The van der Waals surface area contributed by atoms with Crippen LogP contribution in [0.3, 0.4) is 0 Å². The fraction of sp³-hybridized carbons (Fsp3) is 0.238. The van der Waals surface area contributed by atoms with Gasteiger partial charge >= 0.3 is 0 Å². The topological polar surface area (TPSA) is 83.4 Å². The molecule has 3 rings (SSSR count). The van der Waals surface area contributed by atoms with Gasteiger partial charge in [-0.1, -0.05) is 36.4 Å². The summed E-state index contributed by atoms with van der Waals surface area (Å²) >= 11 is 1.55. The lowest BCUT2D eigenvalue weighted by Crippen LogP contribution is -2.36. The zero-order valence-corrected chi connectivity index (χ0v) is 18.4. The van der Waals surface area contributed by atoms with Crippen LogP contribution < -0.4 is 10.6 Å². The average molecular weight is 447 g/mol. The second-order valence-electron chi connectivity index (χ2n) is 6.75. The third-order valence-corrected chi connectivity index (χ3v) is 5.97. The summed E-state index contributed by atoms with van der Waals surface area (Å²) in [5, 5.41) is 9.19. The molecule has 0 aliphatic heterocycles. The third kappa shape index (κ3) is 6.36. The van der Waals surface area contributed by atoms with E-state index in [9.17, 15) is 12.8 Å². The van der Waals surface area contributed by atoms with Crippen LogP contribution in [0.25, 0.3) is 11.3 Å². The molecule has 1 aromatic heterocycles. The Hall–Kier alpha value is -2.78. The summed E-state index contributed by atoms with van der Waals surface area (Å²) in [7, 11) is -1.59. The number of halogens is 1. The standard InChI is InChI=1S/C21H23FN4O2S2/c1-23-21(24-11-17-10-18(22)9-8-16(17)14-30(2,27)28)25-12-20-26-19(13-29-20)15-6-4-3-5-7-15/h3-10,13H,11-12,14H2,1-2H3,(H2,23,24,25). The van der Waals surface area contributed by atoms with Gasteiger partial charge in [-0.3, -0.25) is 4.99 Å². The van der Waals surface area contributed by atoms with E-state index in [0.29, 0.717) is 23.6 Å². The molecule has 0 saturated heterocycles. The Bertz CT molecular complexity index is 1130. The largest absolute Gasteiger partial charge is 0.352 e. The molecule has 158 valence electrons. The van der Waals surface area contributed by atoms with Crippen LogP contribution in [-0.2, 0) is 28.7 Å². The number of hydrogen-bond donors (Lipinski definition) is 2. The van der Waals surface area contributed by atoms with E-state index < -0.39 is 15.7 Å². The van der Waals surface area contributed by atoms with Crippen molar-refractivity contribution in [1.82, 2.24) is 15.6 Å². The van der Waals surface area contributed by atoms with Crippen LogP contribution in [0.1, 0.15) is 16.1 Å². The van der Waals surface area contributed by atoms with Gasteiger partial charge in [-0.05, 0) is 23.3 Å². The number of sulfone groups is 1. The Morgan fingerprint density at radius 1 is 1.10 bits per heavy atom. The van der Waals surface area contributed by atoms with Crippen molar-refractivity contribution < 1.29 is 12.8 Å². The first-order valence-electron chi connectivity index (χ1n) is 9.23. The molecule has 0 atom stereocenters. The predicted octanol–water partition coefficient (Wildman–Crippen LogP) is 3.36. The van der Waals surface area contributed by atoms with Crippen molar-refractivity contribution in [2.24, 2.45) is 4.99 Å². The van der Waals surface area contributed by atoms with E-state index in [1.54, 1.807) is 18.4 Å². The Morgan fingerprint density at radius 2 is 1.83 bits per heavy atom. The number of aliphatic imine (C=N–C) groups is 1. The molecule has 1 heterocycles. The minimum absolute atomic E-state index is 0.141. The third-order valence-electron chi connectivity index (χ3n) is 4.28. The molecule has 30 heavy (non-hydrogen) atoms. The van der Waals surface area contributed by atoms with Gasteiger partial charge < -0.3 is 10.6 Å². The van der Waals surface area contributed by atoms with Gasteiger partial charge in [-0.25, -0.2) is 17.8 Å². The van der Waals surface area contributed by atoms with Crippen LogP contribution in [-0.4, -0.2) is 32.7 Å². The summed E-state index contributed by atoms with van der Waals surface area (Å²) in [4.78, 5) is 8.80. The molecule has 0 spiro atoms. The van der Waals surface area contributed by atoms with E-state index in [2.05, 4.69) is 20.6 Å². The normalized spacial score (nSPS) is 12.0. The summed E-state index contributed by atoms with van der Waals surface area (Å²) in [6.07, 6.45) is 1.16. The molecule has 2 aromatic carbocycles. The van der Waals surface area contributed by atoms with Gasteiger partial charge in [-0.2, -0.15) is 0 Å². The molecule has 0 amide bonds. The lowest BCUT2D eigenvalue weighted by Gasteiger charge is -2.13. The van der Waals surface area contributed by atoms with E-state index in [0.717, 1.165) is 22.5 Å². The SMILES string of the molecule is CN=C(NCc1nc(-c2ccccc2)cs1)NCc1cc(F)ccc1CS(C)(=O)=O. The Labute approximate surface area is 179 Å². The quantitative estimate of drug-likeness (QED) is 0.430. The Morgan fingerprint density at radius 3 is 2.53 bits per heavy atom. The number of guanidine groups is 1. The second-order valence-corrected chi connectivity index (χ2v) is 9.84. The zero-order valence-electron chi connectivity index (χ0n) is 16.7. The number of thiazole rings is 1. The van der Waals surface area contributed by atoms with E-state index in [4.69, 9.17) is 0 Å². The average Bonchev–Trinajstić information content (AvgIpc) is 3.19. The summed E-state index contributed by atoms with van der Waals surface area (Å²) in [5.74, 6) is -0.0400. The minimum atomic E-state index is -3.23. The van der Waals surface area contributed by atoms with Gasteiger partial charge in [0.1, 0.15) is 10.8 Å². The van der Waals surface area contributed by atoms with Gasteiger partial charge in [0.2, 0.25) is 0 Å². The smallest absolute Gasteiger partial charge is 0.191 e. The first kappa shape index (κ1) is 21.9. The maximum absolute atomic E-state index is 13.7. The van der Waals surface area contributed by atoms with E-state index >= 15 is 0 Å². The van der Waals surface area contributed by atoms with E-state index in [1.807, 2.05) is 35.7 Å². The summed E-state index contributed by atoms with van der Waals surface area (Å²) in [6, 6.07) is 14.1. The maximum Gasteiger partial charge on any atom is 0.191 e. The number of nitrogens with zero attached hydrogens (tertiary/aromatic N) is 2. The van der Waals surface area contributed by atoms with Gasteiger partial charge in [0.15, 0.2) is 15.8 Å². The second kappa shape index (κ2) is 9.82. The molecule has 0 aliphatic rings.